The molecule has 3 aromatic rings. The molecule has 0 bridgehead atoms. The number of methoxy groups -OCH3 is 1. The number of thiazole rings is 1. The standard InChI is InChI=1S/C21H23Cl2N3O4S2/c1-13(2)25(3)32(28,29)15-7-5-14(6-8-15)20(27)24-21-26(11-12-30-4)18-16(22)9-10-17(23)19(18)31-21/h5-10,13H,11-12H2,1-4H3. The normalized spacial score (nSPS) is 12.9. The number of amides is 1. The second-order valence-electron chi connectivity index (χ2n) is 7.29. The van der Waals surface area contributed by atoms with Gasteiger partial charge in [-0.2, -0.15) is 9.30 Å². The fourth-order valence-electron chi connectivity index (χ4n) is 2.95. The molecule has 0 aliphatic heterocycles. The zero-order valence-electron chi connectivity index (χ0n) is 18.0. The maximum absolute atomic E-state index is 12.9. The van der Waals surface area contributed by atoms with E-state index < -0.39 is 15.9 Å². The van der Waals surface area contributed by atoms with Crippen LogP contribution in [-0.4, -0.2) is 50.0 Å². The van der Waals surface area contributed by atoms with Crippen molar-refractivity contribution < 1.29 is 17.9 Å². The number of rotatable bonds is 7. The zero-order valence-corrected chi connectivity index (χ0v) is 21.1. The van der Waals surface area contributed by atoms with Gasteiger partial charge in [0, 0.05) is 32.3 Å². The van der Waals surface area contributed by atoms with Crippen molar-refractivity contribution in [2.75, 3.05) is 20.8 Å². The highest BCUT2D eigenvalue weighted by Crippen LogP contribution is 2.32. The van der Waals surface area contributed by atoms with Gasteiger partial charge in [-0.3, -0.25) is 4.79 Å². The van der Waals surface area contributed by atoms with Crippen molar-refractivity contribution in [3.63, 3.8) is 0 Å². The maximum Gasteiger partial charge on any atom is 0.279 e. The first-order chi connectivity index (χ1) is 15.1. The summed E-state index contributed by atoms with van der Waals surface area (Å²) < 4.78 is 34.2. The van der Waals surface area contributed by atoms with E-state index in [9.17, 15) is 13.2 Å². The van der Waals surface area contributed by atoms with E-state index in [0.29, 0.717) is 33.5 Å². The summed E-state index contributed by atoms with van der Waals surface area (Å²) in [7, 11) is -0.537. The summed E-state index contributed by atoms with van der Waals surface area (Å²) >= 11 is 14.0. The van der Waals surface area contributed by atoms with Gasteiger partial charge in [0.25, 0.3) is 5.91 Å². The number of ether oxygens (including phenoxy) is 1. The lowest BCUT2D eigenvalue weighted by Crippen LogP contribution is -2.33. The highest BCUT2D eigenvalue weighted by molar-refractivity contribution is 7.89. The molecule has 0 fully saturated rings. The molecule has 7 nitrogen and oxygen atoms in total. The van der Waals surface area contributed by atoms with Gasteiger partial charge >= 0.3 is 0 Å². The van der Waals surface area contributed by atoms with Crippen LogP contribution in [-0.2, 0) is 21.3 Å². The fraction of sp³-hybridized carbons (Fsp3) is 0.333. The van der Waals surface area contributed by atoms with Crippen molar-refractivity contribution in [3.8, 4) is 0 Å². The number of carbonyl (C=O) groups is 1. The summed E-state index contributed by atoms with van der Waals surface area (Å²) in [6, 6.07) is 8.94. The number of halogens is 2. The lowest BCUT2D eigenvalue weighted by molar-refractivity contribution is 0.0997. The van der Waals surface area contributed by atoms with Crippen molar-refractivity contribution in [1.29, 1.82) is 0 Å². The number of carbonyl (C=O) groups excluding carboxylic acids is 1. The molecule has 3 rings (SSSR count). The van der Waals surface area contributed by atoms with Crippen LogP contribution in [0.5, 0.6) is 0 Å². The summed E-state index contributed by atoms with van der Waals surface area (Å²) in [4.78, 5) is 17.7. The minimum absolute atomic E-state index is 0.112. The highest BCUT2D eigenvalue weighted by Gasteiger charge is 2.23. The van der Waals surface area contributed by atoms with E-state index in [1.165, 1.54) is 47.0 Å². The Kier molecular flexibility index (Phi) is 7.80. The lowest BCUT2D eigenvalue weighted by atomic mass is 10.2. The molecule has 0 saturated carbocycles. The van der Waals surface area contributed by atoms with Gasteiger partial charge in [-0.15, -0.1) is 0 Å². The maximum atomic E-state index is 12.9. The van der Waals surface area contributed by atoms with Crippen LogP contribution in [0, 0.1) is 0 Å². The Morgan fingerprint density at radius 1 is 1.16 bits per heavy atom. The van der Waals surface area contributed by atoms with Gasteiger partial charge in [0.2, 0.25) is 10.0 Å². The second-order valence-corrected chi connectivity index (χ2v) is 11.1. The van der Waals surface area contributed by atoms with Crippen LogP contribution in [0.15, 0.2) is 46.3 Å². The number of hydrogen-bond donors (Lipinski definition) is 0. The summed E-state index contributed by atoms with van der Waals surface area (Å²) in [5.74, 6) is -0.504. The van der Waals surface area contributed by atoms with Crippen LogP contribution in [0.1, 0.15) is 24.2 Å². The third-order valence-corrected chi connectivity index (χ3v) is 8.84. The van der Waals surface area contributed by atoms with E-state index in [0.717, 1.165) is 4.70 Å². The molecule has 0 aliphatic rings. The molecule has 32 heavy (non-hydrogen) atoms. The topological polar surface area (TPSA) is 81.0 Å². The van der Waals surface area contributed by atoms with E-state index in [1.807, 2.05) is 0 Å². The Morgan fingerprint density at radius 3 is 2.38 bits per heavy atom. The quantitative estimate of drug-likeness (QED) is 0.466. The third-order valence-electron chi connectivity index (χ3n) is 4.95. The average molecular weight is 516 g/mol. The smallest absolute Gasteiger partial charge is 0.279 e. The van der Waals surface area contributed by atoms with E-state index in [2.05, 4.69) is 4.99 Å². The van der Waals surface area contributed by atoms with Gasteiger partial charge in [-0.05, 0) is 50.2 Å². The van der Waals surface area contributed by atoms with Gasteiger partial charge in [-0.25, -0.2) is 8.42 Å². The van der Waals surface area contributed by atoms with Crippen LogP contribution < -0.4 is 4.80 Å². The zero-order chi connectivity index (χ0) is 23.6. The molecule has 11 heteroatoms. The van der Waals surface area contributed by atoms with Crippen LogP contribution >= 0.6 is 34.5 Å². The molecule has 1 amide bonds. The number of hydrogen-bond acceptors (Lipinski definition) is 5. The van der Waals surface area contributed by atoms with E-state index in [1.54, 1.807) is 37.7 Å². The van der Waals surface area contributed by atoms with Crippen LogP contribution in [0.25, 0.3) is 10.2 Å². The minimum atomic E-state index is -3.64. The van der Waals surface area contributed by atoms with Crippen molar-refractivity contribution in [2.24, 2.45) is 4.99 Å². The number of sulfonamides is 1. The van der Waals surface area contributed by atoms with Crippen LogP contribution in [0.4, 0.5) is 0 Å². The number of nitrogens with zero attached hydrogens (tertiary/aromatic N) is 3. The largest absolute Gasteiger partial charge is 0.383 e. The molecular weight excluding hydrogens is 493 g/mol. The van der Waals surface area contributed by atoms with Crippen molar-refractivity contribution in [3.05, 3.63) is 56.8 Å². The van der Waals surface area contributed by atoms with Gasteiger partial charge < -0.3 is 9.30 Å². The second kappa shape index (κ2) is 10.0. The highest BCUT2D eigenvalue weighted by atomic mass is 35.5. The molecule has 0 unspecified atom stereocenters. The molecule has 1 heterocycles. The van der Waals surface area contributed by atoms with Gasteiger partial charge in [-0.1, -0.05) is 34.5 Å². The molecule has 0 radical (unpaired) electrons. The predicted molar refractivity (Wildman–Crippen MR) is 128 cm³/mol. The Bertz CT molecular complexity index is 1310. The Balaban J connectivity index is 2.03. The van der Waals surface area contributed by atoms with E-state index in [-0.39, 0.29) is 16.5 Å². The Morgan fingerprint density at radius 2 is 1.78 bits per heavy atom. The molecule has 0 saturated heterocycles. The predicted octanol–water partition coefficient (Wildman–Crippen LogP) is 4.43. The lowest BCUT2D eigenvalue weighted by Gasteiger charge is -2.20. The molecule has 1 aromatic heterocycles. The summed E-state index contributed by atoms with van der Waals surface area (Å²) in [5.41, 5.74) is 0.954. The summed E-state index contributed by atoms with van der Waals surface area (Å²) in [6.45, 7) is 4.40. The molecule has 0 N–H and O–H groups in total. The summed E-state index contributed by atoms with van der Waals surface area (Å²) in [6.07, 6.45) is 0. The molecule has 0 aliphatic carbocycles. The van der Waals surface area contributed by atoms with Gasteiger partial charge in [0.15, 0.2) is 4.80 Å². The SMILES string of the molecule is COCCn1c(=NC(=O)c2ccc(S(=O)(=O)N(C)C(C)C)cc2)sc2c(Cl)ccc(Cl)c21. The average Bonchev–Trinajstić information content (AvgIpc) is 3.13. The Hall–Kier alpha value is -1.75. The van der Waals surface area contributed by atoms with Crippen LogP contribution in [0.3, 0.4) is 0 Å². The van der Waals surface area contributed by atoms with Crippen molar-refractivity contribution in [1.82, 2.24) is 8.87 Å². The first kappa shape index (κ1) is 24.9. The first-order valence-electron chi connectivity index (χ1n) is 9.71. The molecular formula is C21H23Cl2N3O4S2. The Labute approximate surface area is 200 Å². The molecule has 2 aromatic carbocycles. The fourth-order valence-corrected chi connectivity index (χ4v) is 5.99. The molecule has 0 spiro atoms. The number of fused-ring (bicyclic) bond motifs is 1. The van der Waals surface area contributed by atoms with Crippen LogP contribution in [0.2, 0.25) is 10.0 Å². The van der Waals surface area contributed by atoms with Crippen molar-refractivity contribution >= 4 is 60.7 Å². The molecule has 0 atom stereocenters. The minimum Gasteiger partial charge on any atom is -0.383 e. The van der Waals surface area contributed by atoms with Gasteiger partial charge in [0.1, 0.15) is 0 Å². The monoisotopic (exact) mass is 515 g/mol. The first-order valence-corrected chi connectivity index (χ1v) is 12.7. The van der Waals surface area contributed by atoms with E-state index >= 15 is 0 Å². The van der Waals surface area contributed by atoms with Crippen molar-refractivity contribution in [2.45, 2.75) is 31.3 Å². The van der Waals surface area contributed by atoms with E-state index in [4.69, 9.17) is 27.9 Å². The number of aromatic nitrogens is 1. The number of benzene rings is 2. The third kappa shape index (κ3) is 4.93. The summed E-state index contributed by atoms with van der Waals surface area (Å²) in [5, 5.41) is 1.01. The molecule has 172 valence electrons. The van der Waals surface area contributed by atoms with Gasteiger partial charge in [0.05, 0.1) is 31.8 Å².